The van der Waals surface area contributed by atoms with E-state index in [-0.39, 0.29) is 32.5 Å². The number of nitro benzene ring substituents is 1. The Labute approximate surface area is 181 Å². The number of rotatable bonds is 6. The number of nitrogens with one attached hydrogen (secondary N) is 2. The fraction of sp³-hybridized carbons (Fsp3) is 0. The summed E-state index contributed by atoms with van der Waals surface area (Å²) in [6.45, 7) is 0. The van der Waals surface area contributed by atoms with Crippen molar-refractivity contribution < 1.29 is 18.1 Å². The summed E-state index contributed by atoms with van der Waals surface area (Å²) in [4.78, 5) is 22.5. The van der Waals surface area contributed by atoms with Crippen molar-refractivity contribution >= 4 is 56.2 Å². The van der Waals surface area contributed by atoms with Crippen molar-refractivity contribution in [2.45, 2.75) is 4.90 Å². The van der Waals surface area contributed by atoms with Gasteiger partial charge in [-0.3, -0.25) is 19.6 Å². The molecule has 3 aromatic rings. The van der Waals surface area contributed by atoms with Crippen LogP contribution < -0.4 is 10.0 Å². The van der Waals surface area contributed by atoms with Crippen LogP contribution in [-0.2, 0) is 10.0 Å². The van der Waals surface area contributed by atoms with E-state index in [4.69, 9.17) is 23.2 Å². The predicted molar refractivity (Wildman–Crippen MR) is 115 cm³/mol. The second-order valence-electron chi connectivity index (χ2n) is 5.98. The van der Waals surface area contributed by atoms with Crippen molar-refractivity contribution in [1.29, 1.82) is 0 Å². The second-order valence-corrected chi connectivity index (χ2v) is 8.51. The van der Waals surface area contributed by atoms with Gasteiger partial charge in [-0.2, -0.15) is 0 Å². The first-order chi connectivity index (χ1) is 14.2. The van der Waals surface area contributed by atoms with E-state index in [2.05, 4.69) is 10.0 Å². The first-order valence-electron chi connectivity index (χ1n) is 8.30. The smallest absolute Gasteiger partial charge is 0.269 e. The molecule has 3 rings (SSSR count). The molecule has 0 unspecified atom stereocenters. The molecule has 1 amide bonds. The molecule has 2 N–H and O–H groups in total. The average Bonchev–Trinajstić information content (AvgIpc) is 2.71. The third kappa shape index (κ3) is 4.88. The number of carbonyl (C=O) groups excluding carboxylic acids is 1. The van der Waals surface area contributed by atoms with E-state index in [9.17, 15) is 23.3 Å². The van der Waals surface area contributed by atoms with Crippen molar-refractivity contribution in [3.63, 3.8) is 0 Å². The normalized spacial score (nSPS) is 11.0. The van der Waals surface area contributed by atoms with E-state index >= 15 is 0 Å². The van der Waals surface area contributed by atoms with Crippen LogP contribution in [0.4, 0.5) is 17.1 Å². The summed E-state index contributed by atoms with van der Waals surface area (Å²) >= 11 is 11.9. The Morgan fingerprint density at radius 2 is 1.57 bits per heavy atom. The standard InChI is InChI=1S/C19H13Cl2N3O5S/c20-12-5-10-16(21)15(11-12)19(25)22-17-3-1-2-4-18(17)23-30(28,29)14-8-6-13(7-9-14)24(26)27/h1-11,23H,(H,22,25). The van der Waals surface area contributed by atoms with Crippen LogP contribution in [0.5, 0.6) is 0 Å². The molecule has 0 bridgehead atoms. The van der Waals surface area contributed by atoms with Gasteiger partial charge in [-0.15, -0.1) is 0 Å². The zero-order valence-electron chi connectivity index (χ0n) is 15.0. The molecule has 30 heavy (non-hydrogen) atoms. The quantitative estimate of drug-likeness (QED) is 0.394. The van der Waals surface area contributed by atoms with Crippen molar-refractivity contribution in [3.8, 4) is 0 Å². The van der Waals surface area contributed by atoms with Gasteiger partial charge in [-0.25, -0.2) is 8.42 Å². The molecular formula is C19H13Cl2N3O5S. The van der Waals surface area contributed by atoms with Crippen molar-refractivity contribution in [2.75, 3.05) is 10.0 Å². The zero-order valence-corrected chi connectivity index (χ0v) is 17.3. The minimum absolute atomic E-state index is 0.0994. The Morgan fingerprint density at radius 1 is 0.933 bits per heavy atom. The number of nitrogens with zero attached hydrogens (tertiary/aromatic N) is 1. The lowest BCUT2D eigenvalue weighted by Gasteiger charge is -2.14. The maximum Gasteiger partial charge on any atom is 0.269 e. The summed E-state index contributed by atoms with van der Waals surface area (Å²) in [5.41, 5.74) is 0.170. The highest BCUT2D eigenvalue weighted by atomic mass is 35.5. The van der Waals surface area contributed by atoms with E-state index in [0.717, 1.165) is 24.3 Å². The molecule has 0 atom stereocenters. The maximum atomic E-state index is 12.7. The van der Waals surface area contributed by atoms with Crippen LogP contribution >= 0.6 is 23.2 Å². The largest absolute Gasteiger partial charge is 0.320 e. The molecule has 3 aromatic carbocycles. The molecule has 0 saturated carbocycles. The topological polar surface area (TPSA) is 118 Å². The molecule has 0 aliphatic rings. The molecule has 0 heterocycles. The molecular weight excluding hydrogens is 453 g/mol. The Kier molecular flexibility index (Phi) is 6.25. The molecule has 0 saturated heterocycles. The van der Waals surface area contributed by atoms with Gasteiger partial charge in [0, 0.05) is 17.2 Å². The van der Waals surface area contributed by atoms with E-state index in [1.807, 2.05) is 0 Å². The highest BCUT2D eigenvalue weighted by Gasteiger charge is 2.19. The number of amides is 1. The summed E-state index contributed by atoms with van der Waals surface area (Å²) in [5, 5.41) is 13.8. The molecule has 0 fully saturated rings. The highest BCUT2D eigenvalue weighted by Crippen LogP contribution is 2.27. The number of nitro groups is 1. The minimum atomic E-state index is -4.06. The second kappa shape index (κ2) is 8.70. The van der Waals surface area contributed by atoms with Gasteiger partial charge in [0.15, 0.2) is 0 Å². The van der Waals surface area contributed by atoms with Crippen LogP contribution in [0.25, 0.3) is 0 Å². The molecule has 8 nitrogen and oxygen atoms in total. The molecule has 0 radical (unpaired) electrons. The van der Waals surface area contributed by atoms with Gasteiger partial charge >= 0.3 is 0 Å². The number of anilines is 2. The number of non-ortho nitro benzene ring substituents is 1. The van der Waals surface area contributed by atoms with Crippen molar-refractivity contribution in [2.24, 2.45) is 0 Å². The van der Waals surface area contributed by atoms with Gasteiger partial charge in [0.05, 0.1) is 31.8 Å². The summed E-state index contributed by atoms with van der Waals surface area (Å²) in [5.74, 6) is -0.579. The first-order valence-corrected chi connectivity index (χ1v) is 10.5. The van der Waals surface area contributed by atoms with E-state index in [1.54, 1.807) is 12.1 Å². The summed E-state index contributed by atoms with van der Waals surface area (Å²) in [6.07, 6.45) is 0. The summed E-state index contributed by atoms with van der Waals surface area (Å²) in [7, 11) is -4.06. The van der Waals surface area contributed by atoms with Gasteiger partial charge in [0.25, 0.3) is 21.6 Å². The van der Waals surface area contributed by atoms with Crippen LogP contribution in [-0.4, -0.2) is 19.2 Å². The Hall–Kier alpha value is -3.14. The van der Waals surface area contributed by atoms with Crippen molar-refractivity contribution in [1.82, 2.24) is 0 Å². The highest BCUT2D eigenvalue weighted by molar-refractivity contribution is 7.92. The van der Waals surface area contributed by atoms with Crippen LogP contribution in [0.1, 0.15) is 10.4 Å². The Bertz CT molecular complexity index is 1230. The number of para-hydroxylation sites is 2. The summed E-state index contributed by atoms with van der Waals surface area (Å²) < 4.78 is 27.7. The minimum Gasteiger partial charge on any atom is -0.320 e. The van der Waals surface area contributed by atoms with Crippen LogP contribution in [0.2, 0.25) is 10.0 Å². The number of hydrogen-bond acceptors (Lipinski definition) is 5. The number of carbonyl (C=O) groups is 1. The number of hydrogen-bond donors (Lipinski definition) is 2. The Morgan fingerprint density at radius 3 is 2.20 bits per heavy atom. The van der Waals surface area contributed by atoms with E-state index < -0.39 is 20.9 Å². The summed E-state index contributed by atoms with van der Waals surface area (Å²) in [6, 6.07) is 15.0. The van der Waals surface area contributed by atoms with Gasteiger partial charge in [-0.1, -0.05) is 35.3 Å². The van der Waals surface area contributed by atoms with Gasteiger partial charge in [-0.05, 0) is 42.5 Å². The molecule has 0 aromatic heterocycles. The monoisotopic (exact) mass is 465 g/mol. The van der Waals surface area contributed by atoms with E-state index in [0.29, 0.717) is 5.02 Å². The van der Waals surface area contributed by atoms with Gasteiger partial charge < -0.3 is 5.32 Å². The lowest BCUT2D eigenvalue weighted by Crippen LogP contribution is -2.17. The number of sulfonamides is 1. The first kappa shape index (κ1) is 21.6. The molecule has 11 heteroatoms. The molecule has 0 spiro atoms. The predicted octanol–water partition coefficient (Wildman–Crippen LogP) is 4.95. The van der Waals surface area contributed by atoms with Gasteiger partial charge in [0.2, 0.25) is 0 Å². The molecule has 0 aliphatic carbocycles. The SMILES string of the molecule is O=C(Nc1ccccc1NS(=O)(=O)c1ccc([N+](=O)[O-])cc1)c1cc(Cl)ccc1Cl. The lowest BCUT2D eigenvalue weighted by molar-refractivity contribution is -0.384. The lowest BCUT2D eigenvalue weighted by atomic mass is 10.2. The maximum absolute atomic E-state index is 12.7. The third-order valence-corrected chi connectivity index (χ3v) is 5.90. The molecule has 0 aliphatic heterocycles. The van der Waals surface area contributed by atoms with E-state index in [1.165, 1.54) is 30.3 Å². The average molecular weight is 466 g/mol. The number of halogens is 2. The van der Waals surface area contributed by atoms with Crippen LogP contribution in [0.3, 0.4) is 0 Å². The van der Waals surface area contributed by atoms with Gasteiger partial charge in [0.1, 0.15) is 0 Å². The zero-order chi connectivity index (χ0) is 21.9. The van der Waals surface area contributed by atoms with Crippen molar-refractivity contribution in [3.05, 3.63) is 92.5 Å². The Balaban J connectivity index is 1.87. The molecule has 154 valence electrons. The van der Waals surface area contributed by atoms with Crippen LogP contribution in [0.15, 0.2) is 71.6 Å². The number of benzene rings is 3. The fourth-order valence-electron chi connectivity index (χ4n) is 2.49. The van der Waals surface area contributed by atoms with Crippen LogP contribution in [0, 0.1) is 10.1 Å². The fourth-order valence-corrected chi connectivity index (χ4v) is 3.95. The third-order valence-electron chi connectivity index (χ3n) is 3.95.